The van der Waals surface area contributed by atoms with Crippen LogP contribution in [0.25, 0.3) is 42.9 Å². The highest BCUT2D eigenvalue weighted by Gasteiger charge is 2.41. The number of thiazole rings is 2. The number of aryl methyl sites for hydroxylation is 2. The van der Waals surface area contributed by atoms with E-state index in [9.17, 15) is 16.8 Å². The summed E-state index contributed by atoms with van der Waals surface area (Å²) >= 11 is 3.22. The molecule has 0 radical (unpaired) electrons. The number of benzene rings is 2. The molecule has 8 heterocycles. The van der Waals surface area contributed by atoms with Crippen molar-refractivity contribution in [3.8, 4) is 45.5 Å². The van der Waals surface area contributed by atoms with Crippen molar-refractivity contribution in [2.45, 2.75) is 81.4 Å². The number of sulfonamides is 1. The number of hydrogen-bond acceptors (Lipinski definition) is 17. The minimum Gasteiger partial charge on any atom is -0.457 e. The summed E-state index contributed by atoms with van der Waals surface area (Å²) in [7, 11) is 2.37. The Morgan fingerprint density at radius 3 is 1.61 bits per heavy atom. The standard InChI is InChI=1S/C24H26N6O3S2.C21H22N6OS.C3H5ClO2S.CH4.2H2S/c1-29-14-16(13-26-29)22-11-19(8-9-25-22)33-18-4-7-21-23(12-18)34-24(28-21)27-17-3-2-10-30(15-17)35(31,32)20-5-6-20;1-27-13-14(11-24-27)19-9-17(6-8-23-19)28-16-4-5-18-20(10-16)29-21(26-18)25-15-3-2-7-22-12-15;4-7(5,6)3-1-2-3;;;/h4,7-9,11-14,17,20H,2-3,5-6,10,15H2,1H3,(H,27,28);4-6,8-11,13,15,22H,2-3,7,12H2,1H3,(H,25,26);3H,1-2H2;1H4;2*1H2/t17-;15-;;;;/m00..../s1. The van der Waals surface area contributed by atoms with E-state index in [2.05, 4.69) is 36.1 Å². The van der Waals surface area contributed by atoms with Crippen molar-refractivity contribution in [1.82, 2.24) is 49.1 Å². The molecule has 3 N–H and O–H groups in total. The fourth-order valence-electron chi connectivity index (χ4n) is 8.25. The molecule has 396 valence electrons. The van der Waals surface area contributed by atoms with Gasteiger partial charge in [-0.2, -0.15) is 41.5 Å². The van der Waals surface area contributed by atoms with Crippen LogP contribution < -0.4 is 25.4 Å². The number of hydrogen-bond donors (Lipinski definition) is 3. The number of aromatic nitrogens is 8. The summed E-state index contributed by atoms with van der Waals surface area (Å²) in [6.45, 7) is 3.22. The van der Waals surface area contributed by atoms with E-state index in [0.29, 0.717) is 24.9 Å². The van der Waals surface area contributed by atoms with E-state index in [1.54, 1.807) is 61.1 Å². The fourth-order valence-corrected chi connectivity index (χ4v) is 13.3. The van der Waals surface area contributed by atoms with Gasteiger partial charge in [0.2, 0.25) is 19.1 Å². The lowest BCUT2D eigenvalue weighted by Crippen LogP contribution is -2.46. The minimum absolute atomic E-state index is 0. The first-order valence-corrected chi connectivity index (χ1v) is 29.0. The Kier molecular flexibility index (Phi) is 18.9. The Hall–Kier alpha value is -5.05. The molecule has 6 aromatic heterocycles. The summed E-state index contributed by atoms with van der Waals surface area (Å²) in [4.78, 5) is 18.3. The zero-order valence-electron chi connectivity index (χ0n) is 40.0. The number of ether oxygens (including phenoxy) is 2. The average Bonchev–Trinajstić information content (AvgIpc) is 4.24. The molecule has 2 aliphatic carbocycles. The third-order valence-corrected chi connectivity index (χ3v) is 18.5. The minimum atomic E-state index is -3.16. The smallest absolute Gasteiger partial charge is 0.235 e. The maximum absolute atomic E-state index is 12.6. The van der Waals surface area contributed by atoms with Gasteiger partial charge in [-0.25, -0.2) is 26.8 Å². The van der Waals surface area contributed by atoms with Crippen LogP contribution in [0.2, 0.25) is 0 Å². The van der Waals surface area contributed by atoms with Gasteiger partial charge in [0.25, 0.3) is 0 Å². The zero-order chi connectivity index (χ0) is 49.1. The zero-order valence-corrected chi connectivity index (χ0v) is 46.0. The molecule has 4 fully saturated rings. The molecule has 0 spiro atoms. The number of fused-ring (bicyclic) bond motifs is 2. The number of halogens is 1. The lowest BCUT2D eigenvalue weighted by molar-refractivity contribution is 0.326. The van der Waals surface area contributed by atoms with Crippen molar-refractivity contribution >= 4 is 110 Å². The highest BCUT2D eigenvalue weighted by atomic mass is 35.7. The van der Waals surface area contributed by atoms with Gasteiger partial charge >= 0.3 is 0 Å². The van der Waals surface area contributed by atoms with E-state index in [-0.39, 0.29) is 51.0 Å². The monoisotopic (exact) mass is 1140 g/mol. The van der Waals surface area contributed by atoms with Crippen LogP contribution in [0.4, 0.5) is 10.3 Å². The predicted molar refractivity (Wildman–Crippen MR) is 307 cm³/mol. The first kappa shape index (κ1) is 56.7. The molecule has 8 aromatic rings. The van der Waals surface area contributed by atoms with E-state index in [0.717, 1.165) is 122 Å². The Bertz CT molecular complexity index is 3380. The number of piperidine rings is 2. The van der Waals surface area contributed by atoms with Crippen LogP contribution in [0.15, 0.2) is 97.8 Å². The number of nitrogens with one attached hydrogen (secondary N) is 3. The second-order valence-corrected chi connectivity index (χ2v) is 25.2. The molecule has 4 aliphatic rings. The molecule has 0 bridgehead atoms. The van der Waals surface area contributed by atoms with Crippen LogP contribution in [0.1, 0.15) is 58.8 Å². The molecule has 2 aliphatic heterocycles. The molecule has 2 atom stereocenters. The first-order valence-electron chi connectivity index (χ1n) is 23.5. The molecule has 2 aromatic carbocycles. The molecule has 2 saturated heterocycles. The van der Waals surface area contributed by atoms with Crippen molar-refractivity contribution < 1.29 is 26.3 Å². The summed E-state index contributed by atoms with van der Waals surface area (Å²) in [5.74, 6) is 2.94. The Morgan fingerprint density at radius 2 is 1.16 bits per heavy atom. The third-order valence-electron chi connectivity index (χ3n) is 12.2. The fraction of sp³-hybridized carbons (Fsp3) is 0.388. The maximum Gasteiger partial charge on any atom is 0.235 e. The van der Waals surface area contributed by atoms with Crippen molar-refractivity contribution in [3.63, 3.8) is 0 Å². The van der Waals surface area contributed by atoms with E-state index in [1.165, 1.54) is 12.8 Å². The summed E-state index contributed by atoms with van der Waals surface area (Å²) in [6.07, 6.45) is 18.2. The van der Waals surface area contributed by atoms with Crippen LogP contribution in [-0.2, 0) is 33.2 Å². The number of pyridine rings is 2. The lowest BCUT2D eigenvalue weighted by atomic mass is 10.1. The summed E-state index contributed by atoms with van der Waals surface area (Å²) in [6, 6.07) is 19.9. The van der Waals surface area contributed by atoms with Gasteiger partial charge in [-0.15, -0.1) is 0 Å². The largest absolute Gasteiger partial charge is 0.457 e. The SMILES string of the molecule is C.Cn1cc(-c2cc(Oc3ccc4nc(N[C@H]5CCCN(S(=O)(=O)C6CC6)C5)sc4c3)ccn2)cn1.Cn1cc(-c2cc(Oc3ccc4nc(N[C@H]5CCCNC5)sc4c3)ccn2)cn1.O=S(=O)(Cl)C1CC1.S.S. The third kappa shape index (κ3) is 14.7. The highest BCUT2D eigenvalue weighted by molar-refractivity contribution is 8.14. The molecule has 2 saturated carbocycles. The first-order chi connectivity index (χ1) is 34.3. The van der Waals surface area contributed by atoms with Crippen LogP contribution in [0.5, 0.6) is 23.0 Å². The Balaban J connectivity index is 0.000000186. The second-order valence-electron chi connectivity index (χ2n) is 18.0. The van der Waals surface area contributed by atoms with Gasteiger partial charge in [-0.1, -0.05) is 30.1 Å². The summed E-state index contributed by atoms with van der Waals surface area (Å²) in [5, 5.41) is 20.3. The molecule has 18 nitrogen and oxygen atoms in total. The van der Waals surface area contributed by atoms with E-state index >= 15 is 0 Å². The normalized spacial score (nSPS) is 17.8. The number of nitrogens with zero attached hydrogens (tertiary/aromatic N) is 9. The second kappa shape index (κ2) is 24.7. The van der Waals surface area contributed by atoms with Gasteiger partial charge in [0.15, 0.2) is 10.3 Å². The van der Waals surface area contributed by atoms with Crippen LogP contribution in [0.3, 0.4) is 0 Å². The molecule has 25 heteroatoms. The van der Waals surface area contributed by atoms with Crippen LogP contribution in [-0.4, -0.2) is 109 Å². The average molecular weight is 1140 g/mol. The molecular weight excluding hydrogens is 1080 g/mol. The molecule has 12 rings (SSSR count). The van der Waals surface area contributed by atoms with E-state index in [1.807, 2.05) is 87.2 Å². The summed E-state index contributed by atoms with van der Waals surface area (Å²) in [5.41, 5.74) is 5.39. The molecule has 74 heavy (non-hydrogen) atoms. The van der Waals surface area contributed by atoms with Gasteiger partial charge in [-0.3, -0.25) is 19.3 Å². The predicted octanol–water partition coefficient (Wildman–Crippen LogP) is 9.88. The van der Waals surface area contributed by atoms with E-state index in [4.69, 9.17) is 30.1 Å². The van der Waals surface area contributed by atoms with Gasteiger partial charge in [0, 0.05) is 117 Å². The summed E-state index contributed by atoms with van der Waals surface area (Å²) < 4.78 is 65.1. The van der Waals surface area contributed by atoms with Crippen LogP contribution in [0, 0.1) is 0 Å². The van der Waals surface area contributed by atoms with Gasteiger partial charge < -0.3 is 25.4 Å². The molecular formula is C49H61ClN12O6S6. The van der Waals surface area contributed by atoms with Crippen LogP contribution >= 0.6 is 60.3 Å². The number of anilines is 2. The van der Waals surface area contributed by atoms with E-state index < -0.39 is 19.1 Å². The van der Waals surface area contributed by atoms with Crippen molar-refractivity contribution in [1.29, 1.82) is 0 Å². The maximum atomic E-state index is 12.6. The number of rotatable bonds is 13. The Labute approximate surface area is 458 Å². The Morgan fingerprint density at radius 1 is 0.662 bits per heavy atom. The molecule has 0 amide bonds. The van der Waals surface area contributed by atoms with Crippen molar-refractivity contribution in [2.24, 2.45) is 14.1 Å². The lowest BCUT2D eigenvalue weighted by Gasteiger charge is -2.32. The van der Waals surface area contributed by atoms with Gasteiger partial charge in [0.1, 0.15) is 23.0 Å². The van der Waals surface area contributed by atoms with Gasteiger partial charge in [-0.05, 0) is 94.3 Å². The van der Waals surface area contributed by atoms with Crippen molar-refractivity contribution in [2.75, 3.05) is 36.8 Å². The quantitative estimate of drug-likeness (QED) is 0.0917. The van der Waals surface area contributed by atoms with Crippen molar-refractivity contribution in [3.05, 3.63) is 97.8 Å². The van der Waals surface area contributed by atoms with Gasteiger partial charge in [0.05, 0.1) is 54.7 Å². The highest BCUT2D eigenvalue weighted by Crippen LogP contribution is 2.37. The molecule has 0 unspecified atom stereocenters. The topological polar surface area (TPSA) is 213 Å².